The van der Waals surface area contributed by atoms with Crippen LogP contribution in [0, 0.1) is 0 Å². The molecule has 2 aliphatic rings. The van der Waals surface area contributed by atoms with Gasteiger partial charge in [0.05, 0.1) is 35.9 Å². The molecule has 4 nitrogen and oxygen atoms in total. The summed E-state index contributed by atoms with van der Waals surface area (Å²) in [4.78, 5) is 14.3. The zero-order valence-electron chi connectivity index (χ0n) is 15.2. The second-order valence-electron chi connectivity index (χ2n) is 6.95. The summed E-state index contributed by atoms with van der Waals surface area (Å²) < 4.78 is 44.7. The second-order valence-corrected chi connectivity index (χ2v) is 8.24. The Balaban J connectivity index is 1.70. The fourth-order valence-electron chi connectivity index (χ4n) is 3.50. The van der Waals surface area contributed by atoms with Crippen molar-refractivity contribution in [2.45, 2.75) is 43.5 Å². The molecule has 1 aliphatic heterocycles. The van der Waals surface area contributed by atoms with Gasteiger partial charge in [-0.05, 0) is 31.0 Å². The number of amides is 1. The van der Waals surface area contributed by atoms with Gasteiger partial charge in [-0.3, -0.25) is 4.79 Å². The molecular weight excluding hydrogens is 377 g/mol. The highest BCUT2D eigenvalue weighted by Gasteiger charge is 2.32. The second kappa shape index (κ2) is 9.19. The Morgan fingerprint density at radius 2 is 1.89 bits per heavy atom. The van der Waals surface area contributed by atoms with Crippen LogP contribution in [0.25, 0.3) is 0 Å². The molecule has 3 rings (SSSR count). The van der Waals surface area contributed by atoms with E-state index in [1.165, 1.54) is 25.3 Å². The Kier molecular flexibility index (Phi) is 6.92. The van der Waals surface area contributed by atoms with Gasteiger partial charge in [-0.15, -0.1) is 11.8 Å². The number of hydrogen-bond acceptors (Lipinski definition) is 4. The third kappa shape index (κ3) is 5.78. The molecule has 0 spiro atoms. The maximum atomic E-state index is 13.1. The number of hydrogen-bond donors (Lipinski definition) is 1. The monoisotopic (exact) mass is 402 g/mol. The van der Waals surface area contributed by atoms with Crippen molar-refractivity contribution in [1.29, 1.82) is 0 Å². The van der Waals surface area contributed by atoms with E-state index in [-0.39, 0.29) is 17.3 Å². The summed E-state index contributed by atoms with van der Waals surface area (Å²) in [5, 5.41) is 3.19. The summed E-state index contributed by atoms with van der Waals surface area (Å²) >= 11 is 1.61. The number of ether oxygens (including phenoxy) is 1. The molecule has 1 aliphatic carbocycles. The van der Waals surface area contributed by atoms with Crippen LogP contribution in [0.2, 0.25) is 0 Å². The lowest BCUT2D eigenvalue weighted by molar-refractivity contribution is -0.137. The Morgan fingerprint density at radius 1 is 1.19 bits per heavy atom. The number of alkyl halides is 3. The van der Waals surface area contributed by atoms with Crippen molar-refractivity contribution >= 4 is 29.0 Å². The molecule has 1 aromatic carbocycles. The zero-order chi connectivity index (χ0) is 19.3. The van der Waals surface area contributed by atoms with Crippen molar-refractivity contribution in [3.8, 4) is 0 Å². The Bertz CT molecular complexity index is 642. The van der Waals surface area contributed by atoms with Crippen LogP contribution in [0.4, 0.5) is 24.5 Å². The van der Waals surface area contributed by atoms with E-state index in [9.17, 15) is 18.0 Å². The molecule has 0 radical (unpaired) electrons. The van der Waals surface area contributed by atoms with Gasteiger partial charge in [-0.1, -0.05) is 19.3 Å². The fraction of sp³-hybridized carbons (Fsp3) is 0.632. The van der Waals surface area contributed by atoms with Crippen LogP contribution in [0.5, 0.6) is 0 Å². The summed E-state index contributed by atoms with van der Waals surface area (Å²) in [6.07, 6.45) is 1.40. The molecule has 150 valence electrons. The number of morpholine rings is 1. The molecule has 1 saturated heterocycles. The smallest absolute Gasteiger partial charge is 0.378 e. The highest BCUT2D eigenvalue weighted by molar-refractivity contribution is 8.00. The van der Waals surface area contributed by atoms with Gasteiger partial charge in [0.1, 0.15) is 0 Å². The molecule has 2 fully saturated rings. The Morgan fingerprint density at radius 3 is 2.56 bits per heavy atom. The Hall–Kier alpha value is -1.41. The number of thioether (sulfide) groups is 1. The lowest BCUT2D eigenvalue weighted by Gasteiger charge is -2.31. The number of nitrogens with zero attached hydrogens (tertiary/aromatic N) is 1. The van der Waals surface area contributed by atoms with Gasteiger partial charge in [0.15, 0.2) is 0 Å². The average molecular weight is 402 g/mol. The fourth-order valence-corrected chi connectivity index (χ4v) is 4.63. The van der Waals surface area contributed by atoms with Crippen LogP contribution in [0.3, 0.4) is 0 Å². The van der Waals surface area contributed by atoms with E-state index in [2.05, 4.69) is 5.32 Å². The molecule has 8 heteroatoms. The van der Waals surface area contributed by atoms with Crippen LogP contribution < -0.4 is 10.2 Å². The highest BCUT2D eigenvalue weighted by atomic mass is 32.2. The number of rotatable bonds is 5. The van der Waals surface area contributed by atoms with Crippen molar-refractivity contribution in [1.82, 2.24) is 0 Å². The van der Waals surface area contributed by atoms with Crippen LogP contribution in [0.1, 0.15) is 37.7 Å². The number of carbonyl (C=O) groups excluding carboxylic acids is 1. The minimum Gasteiger partial charge on any atom is -0.378 e. The third-order valence-electron chi connectivity index (χ3n) is 4.95. The summed E-state index contributed by atoms with van der Waals surface area (Å²) in [6.45, 7) is 2.22. The van der Waals surface area contributed by atoms with Crippen molar-refractivity contribution < 1.29 is 22.7 Å². The first kappa shape index (κ1) is 20.3. The van der Waals surface area contributed by atoms with E-state index in [0.29, 0.717) is 37.2 Å². The van der Waals surface area contributed by atoms with E-state index < -0.39 is 11.7 Å². The number of halogens is 3. The van der Waals surface area contributed by atoms with Gasteiger partial charge in [0, 0.05) is 18.3 Å². The zero-order valence-corrected chi connectivity index (χ0v) is 16.0. The first-order valence-electron chi connectivity index (χ1n) is 9.39. The van der Waals surface area contributed by atoms with Gasteiger partial charge in [-0.25, -0.2) is 0 Å². The van der Waals surface area contributed by atoms with E-state index >= 15 is 0 Å². The molecule has 0 atom stereocenters. The van der Waals surface area contributed by atoms with E-state index in [1.54, 1.807) is 11.8 Å². The van der Waals surface area contributed by atoms with Gasteiger partial charge in [0.25, 0.3) is 0 Å². The summed E-state index contributed by atoms with van der Waals surface area (Å²) in [5.41, 5.74) is 0.0815. The summed E-state index contributed by atoms with van der Waals surface area (Å²) in [5.74, 6) is 0.0168. The normalized spacial score (nSPS) is 19.1. The Labute approximate surface area is 161 Å². The van der Waals surface area contributed by atoms with E-state index in [4.69, 9.17) is 4.74 Å². The molecular formula is C19H25F3N2O2S. The molecule has 1 aromatic rings. The first-order chi connectivity index (χ1) is 12.9. The number of benzene rings is 1. The van der Waals surface area contributed by atoms with Crippen LogP contribution in [-0.2, 0) is 15.7 Å². The predicted molar refractivity (Wildman–Crippen MR) is 102 cm³/mol. The summed E-state index contributed by atoms with van der Waals surface area (Å²) in [6, 6.07) is 3.54. The summed E-state index contributed by atoms with van der Waals surface area (Å²) in [7, 11) is 0. The molecule has 0 aromatic heterocycles. The molecule has 0 bridgehead atoms. The third-order valence-corrected chi connectivity index (χ3v) is 6.32. The van der Waals surface area contributed by atoms with Crippen molar-refractivity contribution in [3.05, 3.63) is 23.8 Å². The molecule has 1 N–H and O–H groups in total. The van der Waals surface area contributed by atoms with Gasteiger partial charge in [0.2, 0.25) is 5.91 Å². The quantitative estimate of drug-likeness (QED) is 0.785. The molecule has 1 saturated carbocycles. The van der Waals surface area contributed by atoms with E-state index in [0.717, 1.165) is 25.0 Å². The largest absolute Gasteiger partial charge is 0.416 e. The lowest BCUT2D eigenvalue weighted by Crippen LogP contribution is -2.37. The molecule has 0 unspecified atom stereocenters. The van der Waals surface area contributed by atoms with Crippen molar-refractivity contribution in [3.63, 3.8) is 0 Å². The molecule has 1 amide bonds. The molecule has 1 heterocycles. The van der Waals surface area contributed by atoms with Gasteiger partial charge >= 0.3 is 6.18 Å². The van der Waals surface area contributed by atoms with Gasteiger partial charge in [-0.2, -0.15) is 13.2 Å². The van der Waals surface area contributed by atoms with Crippen LogP contribution in [-0.4, -0.2) is 43.2 Å². The maximum absolute atomic E-state index is 13.1. The maximum Gasteiger partial charge on any atom is 0.416 e. The topological polar surface area (TPSA) is 41.6 Å². The van der Waals surface area contributed by atoms with Crippen molar-refractivity contribution in [2.75, 3.05) is 42.3 Å². The van der Waals surface area contributed by atoms with Gasteiger partial charge < -0.3 is 15.0 Å². The van der Waals surface area contributed by atoms with Crippen LogP contribution in [0.15, 0.2) is 18.2 Å². The lowest BCUT2D eigenvalue weighted by atomic mass is 10.0. The minimum atomic E-state index is -4.44. The SMILES string of the molecule is O=C(CSC1CCCCC1)Nc1cc(C(F)(F)F)ccc1N1CCOCC1. The first-order valence-corrected chi connectivity index (χ1v) is 10.4. The van der Waals surface area contributed by atoms with E-state index in [1.807, 2.05) is 4.90 Å². The number of anilines is 2. The number of carbonyl (C=O) groups is 1. The molecule has 27 heavy (non-hydrogen) atoms. The van der Waals surface area contributed by atoms with Crippen LogP contribution >= 0.6 is 11.8 Å². The average Bonchev–Trinajstić information content (AvgIpc) is 2.67. The highest BCUT2D eigenvalue weighted by Crippen LogP contribution is 2.36. The van der Waals surface area contributed by atoms with Crippen molar-refractivity contribution in [2.24, 2.45) is 0 Å². The number of nitrogens with one attached hydrogen (secondary N) is 1. The standard InChI is InChI=1S/C19H25F3N2O2S/c20-19(21,22)14-6-7-17(24-8-10-26-11-9-24)16(12-14)23-18(25)13-27-15-4-2-1-3-5-15/h6-7,12,15H,1-5,8-11,13H2,(H,23,25). The predicted octanol–water partition coefficient (Wildman–Crippen LogP) is 4.55. The minimum absolute atomic E-state index is 0.223.